The third kappa shape index (κ3) is 4.43. The summed E-state index contributed by atoms with van der Waals surface area (Å²) < 4.78 is 13.5. The molecule has 0 aromatic heterocycles. The molecule has 132 valence electrons. The van der Waals surface area contributed by atoms with Gasteiger partial charge in [0.25, 0.3) is 5.69 Å². The molecule has 0 saturated carbocycles. The van der Waals surface area contributed by atoms with Crippen molar-refractivity contribution in [2.24, 2.45) is 5.92 Å². The van der Waals surface area contributed by atoms with Gasteiger partial charge in [0.2, 0.25) is 5.91 Å². The van der Waals surface area contributed by atoms with Gasteiger partial charge in [-0.25, -0.2) is 4.39 Å². The maximum atomic E-state index is 13.5. The molecule has 1 fully saturated rings. The first-order chi connectivity index (χ1) is 11.4. The van der Waals surface area contributed by atoms with Crippen LogP contribution in [0.2, 0.25) is 0 Å². The van der Waals surface area contributed by atoms with Crippen LogP contribution in [0.5, 0.6) is 0 Å². The predicted octanol–water partition coefficient (Wildman–Crippen LogP) is 3.26. The Labute approximate surface area is 141 Å². The fraction of sp³-hybridized carbons (Fsp3) is 0.588. The van der Waals surface area contributed by atoms with Crippen LogP contribution < -0.4 is 10.2 Å². The predicted molar refractivity (Wildman–Crippen MR) is 90.5 cm³/mol. The summed E-state index contributed by atoms with van der Waals surface area (Å²) in [4.78, 5) is 24.8. The summed E-state index contributed by atoms with van der Waals surface area (Å²) in [5.74, 6) is -0.778. The van der Waals surface area contributed by atoms with Crippen LogP contribution in [0, 0.1) is 21.8 Å². The minimum Gasteiger partial charge on any atom is -0.365 e. The van der Waals surface area contributed by atoms with E-state index in [2.05, 4.69) is 12.2 Å². The molecule has 2 atom stereocenters. The fourth-order valence-electron chi connectivity index (χ4n) is 3.18. The first-order valence-electron chi connectivity index (χ1n) is 8.41. The summed E-state index contributed by atoms with van der Waals surface area (Å²) >= 11 is 0. The van der Waals surface area contributed by atoms with Gasteiger partial charge < -0.3 is 10.2 Å². The number of amides is 1. The van der Waals surface area contributed by atoms with E-state index in [0.29, 0.717) is 13.1 Å². The van der Waals surface area contributed by atoms with E-state index >= 15 is 0 Å². The Balaban J connectivity index is 2.12. The second kappa shape index (κ2) is 8.08. The zero-order valence-corrected chi connectivity index (χ0v) is 14.1. The Morgan fingerprint density at radius 3 is 2.96 bits per heavy atom. The summed E-state index contributed by atoms with van der Waals surface area (Å²) in [5.41, 5.74) is 0.121. The molecule has 1 aliphatic rings. The lowest BCUT2D eigenvalue weighted by Crippen LogP contribution is -2.45. The lowest BCUT2D eigenvalue weighted by molar-refractivity contribution is -0.384. The van der Waals surface area contributed by atoms with Crippen molar-refractivity contribution < 1.29 is 14.1 Å². The van der Waals surface area contributed by atoms with E-state index in [1.165, 1.54) is 12.1 Å². The molecule has 0 radical (unpaired) electrons. The van der Waals surface area contributed by atoms with E-state index in [1.54, 1.807) is 4.90 Å². The van der Waals surface area contributed by atoms with Crippen molar-refractivity contribution in [1.29, 1.82) is 0 Å². The van der Waals surface area contributed by atoms with E-state index in [1.807, 2.05) is 6.92 Å². The molecule has 1 amide bonds. The summed E-state index contributed by atoms with van der Waals surface area (Å²) in [6.07, 6.45) is 3.39. The molecule has 0 bridgehead atoms. The fourth-order valence-corrected chi connectivity index (χ4v) is 3.18. The number of hydrogen-bond donors (Lipinski definition) is 1. The Morgan fingerprint density at radius 1 is 1.54 bits per heavy atom. The van der Waals surface area contributed by atoms with E-state index in [-0.39, 0.29) is 29.2 Å². The van der Waals surface area contributed by atoms with Crippen molar-refractivity contribution >= 4 is 17.3 Å². The molecular formula is C17H24FN3O3. The summed E-state index contributed by atoms with van der Waals surface area (Å²) in [6, 6.07) is 3.55. The zero-order valence-electron chi connectivity index (χ0n) is 14.1. The van der Waals surface area contributed by atoms with Crippen LogP contribution in [0.3, 0.4) is 0 Å². The molecule has 1 saturated heterocycles. The number of anilines is 1. The van der Waals surface area contributed by atoms with Crippen LogP contribution in [0.4, 0.5) is 15.8 Å². The average Bonchev–Trinajstić information content (AvgIpc) is 2.54. The minimum atomic E-state index is -0.515. The highest BCUT2D eigenvalue weighted by molar-refractivity contribution is 5.80. The number of benzene rings is 1. The van der Waals surface area contributed by atoms with Crippen LogP contribution in [0.15, 0.2) is 18.2 Å². The monoisotopic (exact) mass is 337 g/mol. The molecule has 2 unspecified atom stereocenters. The van der Waals surface area contributed by atoms with E-state index in [0.717, 1.165) is 31.7 Å². The molecule has 1 N–H and O–H groups in total. The van der Waals surface area contributed by atoms with Gasteiger partial charge in [-0.3, -0.25) is 14.9 Å². The molecule has 1 aliphatic heterocycles. The van der Waals surface area contributed by atoms with Crippen molar-refractivity contribution in [1.82, 2.24) is 5.32 Å². The highest BCUT2D eigenvalue weighted by Gasteiger charge is 2.30. The molecule has 0 aliphatic carbocycles. The summed E-state index contributed by atoms with van der Waals surface area (Å²) in [7, 11) is 0. The van der Waals surface area contributed by atoms with Crippen molar-refractivity contribution in [3.8, 4) is 0 Å². The number of nitro benzene ring substituents is 1. The number of rotatable bonds is 6. The molecule has 7 heteroatoms. The smallest absolute Gasteiger partial charge is 0.292 e. The summed E-state index contributed by atoms with van der Waals surface area (Å²) in [6.45, 7) is 4.99. The van der Waals surface area contributed by atoms with Crippen molar-refractivity contribution in [2.45, 2.75) is 45.6 Å². The van der Waals surface area contributed by atoms with E-state index in [4.69, 9.17) is 0 Å². The molecule has 1 aromatic rings. The highest BCUT2D eigenvalue weighted by atomic mass is 19.1. The molecule has 1 aromatic carbocycles. The Bertz CT molecular complexity index is 609. The van der Waals surface area contributed by atoms with E-state index < -0.39 is 10.7 Å². The third-order valence-corrected chi connectivity index (χ3v) is 4.38. The first-order valence-corrected chi connectivity index (χ1v) is 8.41. The number of piperidine rings is 1. The Morgan fingerprint density at radius 2 is 2.29 bits per heavy atom. The quantitative estimate of drug-likeness (QED) is 0.638. The molecule has 0 spiro atoms. The topological polar surface area (TPSA) is 75.5 Å². The van der Waals surface area contributed by atoms with Gasteiger partial charge in [0.15, 0.2) is 0 Å². The second-order valence-electron chi connectivity index (χ2n) is 6.37. The molecule has 2 rings (SSSR count). The molecular weight excluding hydrogens is 313 g/mol. The molecule has 24 heavy (non-hydrogen) atoms. The number of halogens is 1. The SMILES string of the molecule is CCCC(C)NC(=O)C1CCCN(c2cc(F)ccc2[N+](=O)[O-])C1. The van der Waals surface area contributed by atoms with Gasteiger partial charge in [-0.1, -0.05) is 13.3 Å². The van der Waals surface area contributed by atoms with Gasteiger partial charge in [0.1, 0.15) is 11.5 Å². The zero-order chi connectivity index (χ0) is 17.7. The Kier molecular flexibility index (Phi) is 6.11. The average molecular weight is 337 g/mol. The van der Waals surface area contributed by atoms with Gasteiger partial charge in [0, 0.05) is 31.3 Å². The van der Waals surface area contributed by atoms with Gasteiger partial charge in [-0.15, -0.1) is 0 Å². The van der Waals surface area contributed by atoms with Crippen LogP contribution in [0.25, 0.3) is 0 Å². The number of nitro groups is 1. The maximum Gasteiger partial charge on any atom is 0.292 e. The van der Waals surface area contributed by atoms with Crippen molar-refractivity contribution in [3.63, 3.8) is 0 Å². The summed E-state index contributed by atoms with van der Waals surface area (Å²) in [5, 5.41) is 14.2. The highest BCUT2D eigenvalue weighted by Crippen LogP contribution is 2.32. The number of nitrogens with zero attached hydrogens (tertiary/aromatic N) is 2. The van der Waals surface area contributed by atoms with Gasteiger partial charge >= 0.3 is 0 Å². The lowest BCUT2D eigenvalue weighted by Gasteiger charge is -2.33. The first kappa shape index (κ1) is 18.2. The number of hydrogen-bond acceptors (Lipinski definition) is 4. The molecule has 6 nitrogen and oxygen atoms in total. The lowest BCUT2D eigenvalue weighted by atomic mass is 9.96. The van der Waals surface area contributed by atoms with Crippen LogP contribution in [-0.2, 0) is 4.79 Å². The Hall–Kier alpha value is -2.18. The number of carbonyl (C=O) groups excluding carboxylic acids is 1. The number of carbonyl (C=O) groups is 1. The van der Waals surface area contributed by atoms with Crippen LogP contribution >= 0.6 is 0 Å². The van der Waals surface area contributed by atoms with Crippen LogP contribution in [-0.4, -0.2) is 30.0 Å². The standard InChI is InChI=1S/C17H24FN3O3/c1-3-5-12(2)19-17(22)13-6-4-9-20(11-13)16-10-14(18)7-8-15(16)21(23)24/h7-8,10,12-13H,3-6,9,11H2,1-2H3,(H,19,22). The maximum absolute atomic E-state index is 13.5. The normalized spacial score (nSPS) is 19.0. The van der Waals surface area contributed by atoms with Gasteiger partial charge in [-0.05, 0) is 32.3 Å². The van der Waals surface area contributed by atoms with Gasteiger partial charge in [-0.2, -0.15) is 0 Å². The van der Waals surface area contributed by atoms with Crippen molar-refractivity contribution in [2.75, 3.05) is 18.0 Å². The third-order valence-electron chi connectivity index (χ3n) is 4.38. The molecule has 1 heterocycles. The van der Waals surface area contributed by atoms with Crippen molar-refractivity contribution in [3.05, 3.63) is 34.1 Å². The minimum absolute atomic E-state index is 0.0280. The number of nitrogens with one attached hydrogen (secondary N) is 1. The second-order valence-corrected chi connectivity index (χ2v) is 6.37. The van der Waals surface area contributed by atoms with E-state index in [9.17, 15) is 19.3 Å². The largest absolute Gasteiger partial charge is 0.365 e. The van der Waals surface area contributed by atoms with Crippen LogP contribution in [0.1, 0.15) is 39.5 Å². The van der Waals surface area contributed by atoms with Gasteiger partial charge in [0.05, 0.1) is 10.8 Å².